The van der Waals surface area contributed by atoms with Gasteiger partial charge >= 0.3 is 0 Å². The van der Waals surface area contributed by atoms with Gasteiger partial charge in [-0.1, -0.05) is 6.07 Å². The molecule has 1 aliphatic heterocycles. The highest BCUT2D eigenvalue weighted by Crippen LogP contribution is 2.34. The topological polar surface area (TPSA) is 35.9 Å². The van der Waals surface area contributed by atoms with Gasteiger partial charge in [-0.15, -0.1) is 0 Å². The molecule has 1 aliphatic rings. The van der Waals surface area contributed by atoms with Gasteiger partial charge in [-0.2, -0.15) is 0 Å². The number of methoxy groups -OCH3 is 1. The second kappa shape index (κ2) is 6.95. The SMILES string of the molecule is COc1cccc(N(C)CCN2CCCC2)c1C(C)O. The average Bonchev–Trinajstić information content (AvgIpc) is 2.96. The molecule has 1 saturated heterocycles. The fraction of sp³-hybridized carbons (Fsp3) is 0.625. The highest BCUT2D eigenvalue weighted by molar-refractivity contribution is 5.60. The van der Waals surface area contributed by atoms with Crippen LogP contribution in [0, 0.1) is 0 Å². The number of nitrogens with zero attached hydrogens (tertiary/aromatic N) is 2. The van der Waals surface area contributed by atoms with Gasteiger partial charge in [0.25, 0.3) is 0 Å². The zero-order chi connectivity index (χ0) is 14.5. The summed E-state index contributed by atoms with van der Waals surface area (Å²) in [6, 6.07) is 5.93. The summed E-state index contributed by atoms with van der Waals surface area (Å²) >= 11 is 0. The van der Waals surface area contributed by atoms with Crippen LogP contribution >= 0.6 is 0 Å². The Morgan fingerprint density at radius 3 is 2.65 bits per heavy atom. The summed E-state index contributed by atoms with van der Waals surface area (Å²) in [4.78, 5) is 4.71. The van der Waals surface area contributed by atoms with Crippen LogP contribution < -0.4 is 9.64 Å². The molecule has 0 aromatic heterocycles. The van der Waals surface area contributed by atoms with E-state index in [1.165, 1.54) is 25.9 Å². The number of benzene rings is 1. The Bertz CT molecular complexity index is 428. The molecule has 1 aromatic carbocycles. The van der Waals surface area contributed by atoms with E-state index in [0.29, 0.717) is 0 Å². The average molecular weight is 278 g/mol. The van der Waals surface area contributed by atoms with E-state index in [0.717, 1.165) is 30.1 Å². The molecule has 0 spiro atoms. The Hall–Kier alpha value is -1.26. The Labute approximate surface area is 122 Å². The lowest BCUT2D eigenvalue weighted by Gasteiger charge is -2.27. The normalized spacial score (nSPS) is 17.2. The highest BCUT2D eigenvalue weighted by atomic mass is 16.5. The van der Waals surface area contributed by atoms with Crippen molar-refractivity contribution in [2.24, 2.45) is 0 Å². The van der Waals surface area contributed by atoms with Crippen LogP contribution in [-0.4, -0.2) is 50.3 Å². The van der Waals surface area contributed by atoms with Crippen molar-refractivity contribution in [3.63, 3.8) is 0 Å². The van der Waals surface area contributed by atoms with E-state index in [4.69, 9.17) is 4.74 Å². The maximum Gasteiger partial charge on any atom is 0.126 e. The predicted octanol–water partition coefficient (Wildman–Crippen LogP) is 2.28. The van der Waals surface area contributed by atoms with Crippen molar-refractivity contribution in [1.82, 2.24) is 4.90 Å². The maximum atomic E-state index is 10.0. The van der Waals surface area contributed by atoms with Crippen molar-refractivity contribution in [3.05, 3.63) is 23.8 Å². The minimum Gasteiger partial charge on any atom is -0.496 e. The molecular formula is C16H26N2O2. The smallest absolute Gasteiger partial charge is 0.126 e. The molecule has 20 heavy (non-hydrogen) atoms. The third-order valence-electron chi connectivity index (χ3n) is 4.04. The van der Waals surface area contributed by atoms with Crippen molar-refractivity contribution in [2.45, 2.75) is 25.9 Å². The molecule has 1 fully saturated rings. The van der Waals surface area contributed by atoms with Crippen LogP contribution in [-0.2, 0) is 0 Å². The van der Waals surface area contributed by atoms with Gasteiger partial charge in [-0.05, 0) is 45.0 Å². The first-order valence-electron chi connectivity index (χ1n) is 7.42. The molecule has 1 N–H and O–H groups in total. The molecule has 112 valence electrons. The summed E-state index contributed by atoms with van der Waals surface area (Å²) in [6.45, 7) is 6.26. The first kappa shape index (κ1) is 15.1. The summed E-state index contributed by atoms with van der Waals surface area (Å²) < 4.78 is 5.38. The number of ether oxygens (including phenoxy) is 1. The molecular weight excluding hydrogens is 252 g/mol. The fourth-order valence-electron chi connectivity index (χ4n) is 2.88. The van der Waals surface area contributed by atoms with Crippen LogP contribution in [0.3, 0.4) is 0 Å². The van der Waals surface area contributed by atoms with Crippen LogP contribution in [0.15, 0.2) is 18.2 Å². The van der Waals surface area contributed by atoms with E-state index in [1.54, 1.807) is 14.0 Å². The number of aliphatic hydroxyl groups is 1. The molecule has 0 radical (unpaired) electrons. The highest BCUT2D eigenvalue weighted by Gasteiger charge is 2.18. The lowest BCUT2D eigenvalue weighted by Crippen LogP contribution is -2.32. The number of anilines is 1. The molecule has 0 amide bonds. The second-order valence-electron chi connectivity index (χ2n) is 5.54. The number of rotatable bonds is 6. The van der Waals surface area contributed by atoms with E-state index < -0.39 is 6.10 Å². The van der Waals surface area contributed by atoms with E-state index >= 15 is 0 Å². The molecule has 0 saturated carbocycles. The van der Waals surface area contributed by atoms with Gasteiger partial charge in [-0.3, -0.25) is 0 Å². The third kappa shape index (κ3) is 3.44. The summed E-state index contributed by atoms with van der Waals surface area (Å²) in [5.41, 5.74) is 1.93. The number of likely N-dealkylation sites (N-methyl/N-ethyl adjacent to an activating group) is 1. The minimum atomic E-state index is -0.532. The minimum absolute atomic E-state index is 0.532. The van der Waals surface area contributed by atoms with Gasteiger partial charge in [0.1, 0.15) is 5.75 Å². The van der Waals surface area contributed by atoms with Gasteiger partial charge in [0, 0.05) is 31.4 Å². The summed E-state index contributed by atoms with van der Waals surface area (Å²) in [6.07, 6.45) is 2.11. The van der Waals surface area contributed by atoms with Crippen molar-refractivity contribution >= 4 is 5.69 Å². The van der Waals surface area contributed by atoms with E-state index in [-0.39, 0.29) is 0 Å². The van der Waals surface area contributed by atoms with Crippen molar-refractivity contribution in [2.75, 3.05) is 45.2 Å². The van der Waals surface area contributed by atoms with Crippen LogP contribution in [0.4, 0.5) is 5.69 Å². The number of likely N-dealkylation sites (tertiary alicyclic amines) is 1. The molecule has 1 heterocycles. The Balaban J connectivity index is 2.09. The molecule has 0 aliphatic carbocycles. The molecule has 2 rings (SSSR count). The quantitative estimate of drug-likeness (QED) is 0.866. The number of hydrogen-bond donors (Lipinski definition) is 1. The van der Waals surface area contributed by atoms with Crippen molar-refractivity contribution in [3.8, 4) is 5.75 Å². The van der Waals surface area contributed by atoms with Crippen LogP contribution in [0.25, 0.3) is 0 Å². The molecule has 1 aromatic rings. The Kier molecular flexibility index (Phi) is 5.26. The van der Waals surface area contributed by atoms with Gasteiger partial charge in [0.05, 0.1) is 13.2 Å². The monoisotopic (exact) mass is 278 g/mol. The third-order valence-corrected chi connectivity index (χ3v) is 4.04. The van der Waals surface area contributed by atoms with Crippen LogP contribution in [0.2, 0.25) is 0 Å². The zero-order valence-corrected chi connectivity index (χ0v) is 12.8. The zero-order valence-electron chi connectivity index (χ0n) is 12.8. The maximum absolute atomic E-state index is 10.0. The number of aliphatic hydroxyl groups excluding tert-OH is 1. The van der Waals surface area contributed by atoms with Crippen LogP contribution in [0.5, 0.6) is 5.75 Å². The van der Waals surface area contributed by atoms with Crippen molar-refractivity contribution < 1.29 is 9.84 Å². The van der Waals surface area contributed by atoms with Crippen molar-refractivity contribution in [1.29, 1.82) is 0 Å². The standard InChI is InChI=1S/C16H26N2O2/c1-13(19)16-14(7-6-8-15(16)20-3)17(2)11-12-18-9-4-5-10-18/h6-8,13,19H,4-5,9-12H2,1-3H3. The van der Waals surface area contributed by atoms with E-state index in [1.807, 2.05) is 12.1 Å². The summed E-state index contributed by atoms with van der Waals surface area (Å²) in [5, 5.41) is 10.0. The van der Waals surface area contributed by atoms with E-state index in [2.05, 4.69) is 22.9 Å². The molecule has 4 heteroatoms. The predicted molar refractivity (Wildman–Crippen MR) is 82.6 cm³/mol. The van der Waals surface area contributed by atoms with E-state index in [9.17, 15) is 5.11 Å². The van der Waals surface area contributed by atoms with Gasteiger partial charge < -0.3 is 19.6 Å². The molecule has 1 unspecified atom stereocenters. The van der Waals surface area contributed by atoms with Gasteiger partial charge in [0.15, 0.2) is 0 Å². The fourth-order valence-corrected chi connectivity index (χ4v) is 2.88. The molecule has 4 nitrogen and oxygen atoms in total. The van der Waals surface area contributed by atoms with Gasteiger partial charge in [-0.25, -0.2) is 0 Å². The summed E-state index contributed by atoms with van der Waals surface area (Å²) in [5.74, 6) is 0.755. The van der Waals surface area contributed by atoms with Crippen LogP contribution in [0.1, 0.15) is 31.4 Å². The Morgan fingerprint density at radius 2 is 2.05 bits per heavy atom. The lowest BCUT2D eigenvalue weighted by molar-refractivity contribution is 0.194. The lowest BCUT2D eigenvalue weighted by atomic mass is 10.1. The molecule has 1 atom stereocenters. The largest absolute Gasteiger partial charge is 0.496 e. The first-order valence-corrected chi connectivity index (χ1v) is 7.42. The summed E-state index contributed by atoms with van der Waals surface area (Å²) in [7, 11) is 3.73. The first-order chi connectivity index (χ1) is 9.63. The molecule has 0 bridgehead atoms. The second-order valence-corrected chi connectivity index (χ2v) is 5.54. The number of hydrogen-bond acceptors (Lipinski definition) is 4. The van der Waals surface area contributed by atoms with Gasteiger partial charge in [0.2, 0.25) is 0 Å². The Morgan fingerprint density at radius 1 is 1.35 bits per heavy atom.